The lowest BCUT2D eigenvalue weighted by Crippen LogP contribution is -2.52. The lowest BCUT2D eigenvalue weighted by atomic mass is 9.96. The maximum Gasteiger partial charge on any atom is 0.409 e. The molecule has 22 heavy (non-hydrogen) atoms. The molecule has 1 aromatic heterocycles. The second kappa shape index (κ2) is 6.37. The van der Waals surface area contributed by atoms with Crippen LogP contribution in [-0.4, -0.2) is 64.1 Å². The Labute approximate surface area is 129 Å². The van der Waals surface area contributed by atoms with E-state index >= 15 is 0 Å². The highest BCUT2D eigenvalue weighted by Crippen LogP contribution is 2.22. The van der Waals surface area contributed by atoms with Crippen molar-refractivity contribution < 1.29 is 14.3 Å². The Bertz CT molecular complexity index is 549. The Morgan fingerprint density at radius 3 is 2.73 bits per heavy atom. The van der Waals surface area contributed by atoms with Gasteiger partial charge < -0.3 is 19.1 Å². The van der Waals surface area contributed by atoms with Crippen molar-refractivity contribution in [1.29, 1.82) is 0 Å². The minimum atomic E-state index is -0.282. The maximum atomic E-state index is 12.6. The summed E-state index contributed by atoms with van der Waals surface area (Å²) in [4.78, 5) is 32.0. The van der Waals surface area contributed by atoms with Crippen molar-refractivity contribution in [1.82, 2.24) is 19.4 Å². The molecule has 0 aliphatic carbocycles. The van der Waals surface area contributed by atoms with Gasteiger partial charge in [-0.1, -0.05) is 0 Å². The molecule has 1 atom stereocenters. The summed E-state index contributed by atoms with van der Waals surface area (Å²) in [6, 6.07) is 0. The molecule has 2 amide bonds. The molecule has 1 aromatic rings. The zero-order valence-electron chi connectivity index (χ0n) is 12.9. The van der Waals surface area contributed by atoms with Gasteiger partial charge in [0.25, 0.3) is 0 Å². The zero-order valence-corrected chi connectivity index (χ0v) is 12.9. The van der Waals surface area contributed by atoms with E-state index in [2.05, 4.69) is 9.55 Å². The number of ether oxygens (including phenoxy) is 1. The zero-order chi connectivity index (χ0) is 15.5. The number of carbonyl (C=O) groups is 2. The first kappa shape index (κ1) is 14.9. The number of piperazine rings is 1. The van der Waals surface area contributed by atoms with Gasteiger partial charge in [-0.3, -0.25) is 4.79 Å². The fourth-order valence-corrected chi connectivity index (χ4v) is 3.16. The van der Waals surface area contributed by atoms with Crippen molar-refractivity contribution in [3.8, 4) is 0 Å². The Balaban J connectivity index is 1.53. The van der Waals surface area contributed by atoms with Crippen LogP contribution >= 0.6 is 0 Å². The van der Waals surface area contributed by atoms with E-state index in [0.717, 1.165) is 12.8 Å². The molecule has 3 heterocycles. The highest BCUT2D eigenvalue weighted by Gasteiger charge is 2.31. The third-order valence-corrected chi connectivity index (χ3v) is 4.43. The molecule has 0 unspecified atom stereocenters. The quantitative estimate of drug-likeness (QED) is 0.808. The smallest absolute Gasteiger partial charge is 0.409 e. The highest BCUT2D eigenvalue weighted by atomic mass is 16.6. The lowest BCUT2D eigenvalue weighted by molar-refractivity contribution is -0.138. The maximum absolute atomic E-state index is 12.6. The van der Waals surface area contributed by atoms with E-state index in [9.17, 15) is 9.59 Å². The van der Waals surface area contributed by atoms with Crippen LogP contribution in [0.1, 0.15) is 19.0 Å². The minimum absolute atomic E-state index is 0.0239. The molecule has 0 bridgehead atoms. The van der Waals surface area contributed by atoms with Crippen LogP contribution in [0.25, 0.3) is 0 Å². The number of hydrogen-bond donors (Lipinski definition) is 0. The number of aryl methyl sites for hydroxylation is 1. The van der Waals surface area contributed by atoms with Gasteiger partial charge in [0.05, 0.1) is 18.9 Å². The van der Waals surface area contributed by atoms with Crippen LogP contribution in [0.3, 0.4) is 0 Å². The number of nitrogens with zero attached hydrogens (tertiary/aromatic N) is 4. The lowest BCUT2D eigenvalue weighted by Gasteiger charge is -2.36. The molecule has 7 heteroatoms. The highest BCUT2D eigenvalue weighted by molar-refractivity contribution is 5.79. The minimum Gasteiger partial charge on any atom is -0.450 e. The van der Waals surface area contributed by atoms with Gasteiger partial charge >= 0.3 is 6.09 Å². The monoisotopic (exact) mass is 306 g/mol. The van der Waals surface area contributed by atoms with E-state index in [1.54, 1.807) is 18.2 Å². The molecule has 3 rings (SSSR count). The van der Waals surface area contributed by atoms with Crippen LogP contribution in [0.2, 0.25) is 0 Å². The van der Waals surface area contributed by atoms with Crippen LogP contribution in [0, 0.1) is 5.92 Å². The van der Waals surface area contributed by atoms with Crippen LogP contribution < -0.4 is 0 Å². The van der Waals surface area contributed by atoms with E-state index in [-0.39, 0.29) is 17.9 Å². The van der Waals surface area contributed by atoms with Crippen molar-refractivity contribution in [3.05, 3.63) is 18.2 Å². The van der Waals surface area contributed by atoms with Crippen LogP contribution in [0.5, 0.6) is 0 Å². The largest absolute Gasteiger partial charge is 0.450 e. The van der Waals surface area contributed by atoms with E-state index in [1.165, 1.54) is 5.69 Å². The molecule has 2 aliphatic rings. The van der Waals surface area contributed by atoms with E-state index < -0.39 is 0 Å². The summed E-state index contributed by atoms with van der Waals surface area (Å²) in [7, 11) is 0. The predicted octanol–water partition coefficient (Wildman–Crippen LogP) is 0.746. The third-order valence-electron chi connectivity index (χ3n) is 4.43. The molecular weight excluding hydrogens is 284 g/mol. The van der Waals surface area contributed by atoms with Gasteiger partial charge in [-0.05, 0) is 19.8 Å². The van der Waals surface area contributed by atoms with Crippen molar-refractivity contribution in [2.45, 2.75) is 26.3 Å². The molecule has 1 saturated heterocycles. The third kappa shape index (κ3) is 2.93. The molecule has 0 aromatic carbocycles. The first-order chi connectivity index (χ1) is 10.7. The summed E-state index contributed by atoms with van der Waals surface area (Å²) in [5.41, 5.74) is 1.20. The number of hydrogen-bond acceptors (Lipinski definition) is 4. The van der Waals surface area contributed by atoms with Crippen molar-refractivity contribution in [3.63, 3.8) is 0 Å². The topological polar surface area (TPSA) is 67.7 Å². The molecular formula is C15H22N4O3. The number of aromatic nitrogens is 2. The van der Waals surface area contributed by atoms with Gasteiger partial charge in [0.2, 0.25) is 5.91 Å². The number of imidazole rings is 1. The van der Waals surface area contributed by atoms with E-state index in [4.69, 9.17) is 4.74 Å². The second-order valence-corrected chi connectivity index (χ2v) is 5.78. The number of amides is 2. The van der Waals surface area contributed by atoms with Crippen molar-refractivity contribution >= 4 is 12.0 Å². The number of fused-ring (bicyclic) bond motifs is 1. The van der Waals surface area contributed by atoms with Gasteiger partial charge in [0.1, 0.15) is 0 Å². The first-order valence-corrected chi connectivity index (χ1v) is 7.88. The molecule has 0 saturated carbocycles. The van der Waals surface area contributed by atoms with Crippen molar-refractivity contribution in [2.24, 2.45) is 5.92 Å². The van der Waals surface area contributed by atoms with Gasteiger partial charge in [0.15, 0.2) is 0 Å². The molecule has 1 fully saturated rings. The molecule has 2 aliphatic heterocycles. The Hall–Kier alpha value is -2.05. The van der Waals surface area contributed by atoms with Gasteiger partial charge in [-0.15, -0.1) is 0 Å². The van der Waals surface area contributed by atoms with Gasteiger partial charge in [-0.25, -0.2) is 9.78 Å². The molecule has 7 nitrogen and oxygen atoms in total. The Morgan fingerprint density at radius 1 is 1.27 bits per heavy atom. The van der Waals surface area contributed by atoms with Crippen LogP contribution in [0.4, 0.5) is 4.79 Å². The summed E-state index contributed by atoms with van der Waals surface area (Å²) < 4.78 is 7.07. The molecule has 0 N–H and O–H groups in total. The average molecular weight is 306 g/mol. The first-order valence-electron chi connectivity index (χ1n) is 7.88. The van der Waals surface area contributed by atoms with Crippen LogP contribution in [0.15, 0.2) is 12.5 Å². The summed E-state index contributed by atoms with van der Waals surface area (Å²) in [5.74, 6) is 0.221. The molecule has 0 spiro atoms. The van der Waals surface area contributed by atoms with E-state index in [1.807, 2.05) is 11.1 Å². The van der Waals surface area contributed by atoms with E-state index in [0.29, 0.717) is 39.3 Å². The normalized spacial score (nSPS) is 21.4. The Morgan fingerprint density at radius 2 is 2.00 bits per heavy atom. The van der Waals surface area contributed by atoms with Gasteiger partial charge in [-0.2, -0.15) is 0 Å². The standard InChI is InChI=1S/C15H22N4O3/c1-2-22-15(21)18-7-5-17(6-8-18)14(20)12-3-4-13-9-16-11-19(13)10-12/h9,11-12H,2-8,10H2,1H3/t12-/m1/s1. The summed E-state index contributed by atoms with van der Waals surface area (Å²) in [6.07, 6.45) is 5.17. The Kier molecular flexibility index (Phi) is 4.31. The SMILES string of the molecule is CCOC(=O)N1CCN(C(=O)[C@@H]2CCc3cncn3C2)CC1. The fourth-order valence-electron chi connectivity index (χ4n) is 3.16. The molecule has 0 radical (unpaired) electrons. The second-order valence-electron chi connectivity index (χ2n) is 5.78. The van der Waals surface area contributed by atoms with Crippen LogP contribution in [-0.2, 0) is 22.5 Å². The summed E-state index contributed by atoms with van der Waals surface area (Å²) >= 11 is 0. The number of carbonyl (C=O) groups excluding carboxylic acids is 2. The van der Waals surface area contributed by atoms with Crippen molar-refractivity contribution in [2.75, 3.05) is 32.8 Å². The predicted molar refractivity (Wildman–Crippen MR) is 79.2 cm³/mol. The average Bonchev–Trinajstić information content (AvgIpc) is 3.02. The van der Waals surface area contributed by atoms with Gasteiger partial charge in [0, 0.05) is 44.6 Å². The summed E-state index contributed by atoms with van der Waals surface area (Å²) in [6.45, 7) is 5.17. The fraction of sp³-hybridized carbons (Fsp3) is 0.667. The number of rotatable bonds is 2. The molecule has 120 valence electrons. The summed E-state index contributed by atoms with van der Waals surface area (Å²) in [5, 5.41) is 0.